The molecule has 0 radical (unpaired) electrons. The first-order valence-corrected chi connectivity index (χ1v) is 15.2. The van der Waals surface area contributed by atoms with Crippen LogP contribution in [-0.4, -0.2) is 24.1 Å². The molecule has 8 heteroatoms. The Labute approximate surface area is 254 Å². The Bertz CT molecular complexity index is 1890. The van der Waals surface area contributed by atoms with E-state index >= 15 is 0 Å². The van der Waals surface area contributed by atoms with E-state index in [1.54, 1.807) is 11.7 Å². The molecule has 220 valence electrons. The molecule has 1 aliphatic carbocycles. The molecule has 4 aromatic rings. The minimum atomic E-state index is -0.546. The Morgan fingerprint density at radius 3 is 2.47 bits per heavy atom. The molecule has 0 amide bonds. The van der Waals surface area contributed by atoms with Crippen LogP contribution in [0.5, 0.6) is 17.2 Å². The smallest absolute Gasteiger partial charge is 0.271 e. The van der Waals surface area contributed by atoms with Gasteiger partial charge in [0, 0.05) is 12.0 Å². The van der Waals surface area contributed by atoms with E-state index in [0.29, 0.717) is 58.2 Å². The number of methoxy groups -OCH3 is 1. The van der Waals surface area contributed by atoms with Crippen LogP contribution in [0.15, 0.2) is 93.9 Å². The molecule has 7 nitrogen and oxygen atoms in total. The zero-order valence-corrected chi connectivity index (χ0v) is 25.6. The van der Waals surface area contributed by atoms with Gasteiger partial charge in [0.15, 0.2) is 22.1 Å². The Kier molecular flexibility index (Phi) is 7.79. The van der Waals surface area contributed by atoms with Crippen molar-refractivity contribution >= 4 is 23.2 Å². The summed E-state index contributed by atoms with van der Waals surface area (Å²) in [7, 11) is 1.62. The standard InChI is InChI=1S/C35H34N2O5S/c1-5-41-29-17-23(11-16-28(29)42-21-22-9-7-6-8-10-22)18-30-33(39)37-32(24-12-14-25(40-4)15-13-24)31-26(36-34(37)43-30)19-35(2,3)20-27(31)38/h6-18,32H,5,19-21H2,1-4H3. The summed E-state index contributed by atoms with van der Waals surface area (Å²) in [5, 5.41) is 0. The molecular weight excluding hydrogens is 560 g/mol. The minimum absolute atomic E-state index is 0.0394. The molecule has 1 aliphatic heterocycles. The predicted molar refractivity (Wildman–Crippen MR) is 167 cm³/mol. The Balaban J connectivity index is 1.42. The highest BCUT2D eigenvalue weighted by molar-refractivity contribution is 7.07. The molecule has 3 aromatic carbocycles. The molecule has 0 saturated heterocycles. The van der Waals surface area contributed by atoms with Gasteiger partial charge in [0.25, 0.3) is 5.56 Å². The van der Waals surface area contributed by atoms with Crippen LogP contribution in [0.2, 0.25) is 0 Å². The number of hydrogen-bond acceptors (Lipinski definition) is 7. The molecule has 2 heterocycles. The number of carbonyl (C=O) groups excluding carboxylic acids is 1. The molecule has 0 fully saturated rings. The van der Waals surface area contributed by atoms with Crippen molar-refractivity contribution in [1.29, 1.82) is 0 Å². The summed E-state index contributed by atoms with van der Waals surface area (Å²) in [5.41, 5.74) is 3.72. The van der Waals surface area contributed by atoms with Gasteiger partial charge >= 0.3 is 0 Å². The summed E-state index contributed by atoms with van der Waals surface area (Å²) >= 11 is 1.34. The van der Waals surface area contributed by atoms with E-state index in [4.69, 9.17) is 19.2 Å². The van der Waals surface area contributed by atoms with E-state index < -0.39 is 6.04 Å². The zero-order valence-electron chi connectivity index (χ0n) is 24.8. The summed E-state index contributed by atoms with van der Waals surface area (Å²) in [4.78, 5) is 33.1. The van der Waals surface area contributed by atoms with Crippen LogP contribution in [-0.2, 0) is 11.4 Å². The second-order valence-electron chi connectivity index (χ2n) is 11.6. The number of aromatic nitrogens is 1. The van der Waals surface area contributed by atoms with Crippen LogP contribution in [0.25, 0.3) is 6.08 Å². The van der Waals surface area contributed by atoms with Gasteiger partial charge in [-0.2, -0.15) is 0 Å². The molecular formula is C35H34N2O5S. The molecule has 6 rings (SSSR count). The highest BCUT2D eigenvalue weighted by Crippen LogP contribution is 2.43. The minimum Gasteiger partial charge on any atom is -0.497 e. The fourth-order valence-corrected chi connectivity index (χ4v) is 6.76. The number of allylic oxidation sites excluding steroid dienone is 2. The normalized spacial score (nSPS) is 17.6. The number of fused-ring (bicyclic) bond motifs is 1. The van der Waals surface area contributed by atoms with Crippen LogP contribution >= 0.6 is 11.3 Å². The monoisotopic (exact) mass is 594 g/mol. The Hall–Kier alpha value is -4.43. The molecule has 43 heavy (non-hydrogen) atoms. The topological polar surface area (TPSA) is 79.1 Å². The summed E-state index contributed by atoms with van der Waals surface area (Å²) in [6, 6.07) is 22.7. The number of rotatable bonds is 8. The summed E-state index contributed by atoms with van der Waals surface area (Å²) in [6.07, 6.45) is 2.95. The molecule has 1 unspecified atom stereocenters. The third-order valence-electron chi connectivity index (χ3n) is 7.73. The number of carbonyl (C=O) groups is 1. The summed E-state index contributed by atoms with van der Waals surface area (Å²) in [6.45, 7) is 7.00. The van der Waals surface area contributed by atoms with Crippen LogP contribution in [0.4, 0.5) is 0 Å². The van der Waals surface area contributed by atoms with Crippen molar-refractivity contribution in [2.75, 3.05) is 13.7 Å². The van der Waals surface area contributed by atoms with Crippen molar-refractivity contribution in [3.63, 3.8) is 0 Å². The second-order valence-corrected chi connectivity index (χ2v) is 12.6. The van der Waals surface area contributed by atoms with Gasteiger partial charge in [0.2, 0.25) is 0 Å². The summed E-state index contributed by atoms with van der Waals surface area (Å²) in [5.74, 6) is 2.00. The highest BCUT2D eigenvalue weighted by Gasteiger charge is 2.40. The lowest BCUT2D eigenvalue weighted by molar-refractivity contribution is -0.118. The van der Waals surface area contributed by atoms with Crippen molar-refractivity contribution in [1.82, 2.24) is 4.57 Å². The molecule has 0 bridgehead atoms. The van der Waals surface area contributed by atoms with Crippen LogP contribution in [0, 0.1) is 5.41 Å². The lowest BCUT2D eigenvalue weighted by Gasteiger charge is -2.35. The predicted octanol–water partition coefficient (Wildman–Crippen LogP) is 5.59. The van der Waals surface area contributed by atoms with E-state index in [0.717, 1.165) is 22.4 Å². The van der Waals surface area contributed by atoms with Gasteiger partial charge in [-0.05, 0) is 65.8 Å². The van der Waals surface area contributed by atoms with Crippen molar-refractivity contribution in [2.24, 2.45) is 10.4 Å². The first kappa shape index (κ1) is 28.7. The largest absolute Gasteiger partial charge is 0.497 e. The van der Waals surface area contributed by atoms with Crippen molar-refractivity contribution in [2.45, 2.75) is 46.3 Å². The average Bonchev–Trinajstić information content (AvgIpc) is 3.29. The number of Topliss-reactive ketones (excluding diaryl/α,β-unsaturated/α-hetero) is 1. The maximum absolute atomic E-state index is 14.0. The number of benzene rings is 3. The number of ether oxygens (including phenoxy) is 3. The maximum atomic E-state index is 14.0. The Morgan fingerprint density at radius 1 is 0.977 bits per heavy atom. The number of hydrogen-bond donors (Lipinski definition) is 0. The third kappa shape index (κ3) is 5.79. The first-order valence-electron chi connectivity index (χ1n) is 14.4. The summed E-state index contributed by atoms with van der Waals surface area (Å²) < 4.78 is 19.5. The molecule has 2 aliphatic rings. The molecule has 0 N–H and O–H groups in total. The van der Waals surface area contributed by atoms with E-state index in [9.17, 15) is 9.59 Å². The Morgan fingerprint density at radius 2 is 1.74 bits per heavy atom. The zero-order chi connectivity index (χ0) is 30.1. The van der Waals surface area contributed by atoms with E-state index in [1.807, 2.05) is 85.8 Å². The van der Waals surface area contributed by atoms with Gasteiger partial charge in [-0.15, -0.1) is 0 Å². The van der Waals surface area contributed by atoms with Crippen LogP contribution in [0.1, 0.15) is 56.3 Å². The van der Waals surface area contributed by atoms with Gasteiger partial charge in [-0.1, -0.05) is 73.7 Å². The molecule has 1 aromatic heterocycles. The average molecular weight is 595 g/mol. The number of thiazole rings is 1. The van der Waals surface area contributed by atoms with Crippen molar-refractivity contribution in [3.05, 3.63) is 120 Å². The van der Waals surface area contributed by atoms with Crippen molar-refractivity contribution < 1.29 is 19.0 Å². The number of ketones is 1. The van der Waals surface area contributed by atoms with Gasteiger partial charge < -0.3 is 14.2 Å². The number of nitrogens with zero attached hydrogens (tertiary/aromatic N) is 2. The van der Waals surface area contributed by atoms with Gasteiger partial charge in [-0.25, -0.2) is 4.99 Å². The lowest BCUT2D eigenvalue weighted by Crippen LogP contribution is -2.42. The fourth-order valence-electron chi connectivity index (χ4n) is 5.74. The highest BCUT2D eigenvalue weighted by atomic mass is 32.1. The van der Waals surface area contributed by atoms with Gasteiger partial charge in [0.1, 0.15) is 12.4 Å². The van der Waals surface area contributed by atoms with E-state index in [-0.39, 0.29) is 16.8 Å². The lowest BCUT2D eigenvalue weighted by atomic mass is 9.73. The fraction of sp³-hybridized carbons (Fsp3) is 0.286. The SMILES string of the molecule is CCOc1cc(C=c2sc3n(c2=O)C(c2ccc(OC)cc2)C2=C(CC(C)(C)CC2=O)N=3)ccc1OCc1ccccc1. The van der Waals surface area contributed by atoms with E-state index in [1.165, 1.54) is 11.3 Å². The van der Waals surface area contributed by atoms with Crippen LogP contribution in [0.3, 0.4) is 0 Å². The van der Waals surface area contributed by atoms with E-state index in [2.05, 4.69) is 13.8 Å². The molecule has 0 spiro atoms. The molecule has 0 saturated carbocycles. The van der Waals surface area contributed by atoms with Crippen molar-refractivity contribution in [3.8, 4) is 17.2 Å². The second kappa shape index (κ2) is 11.7. The third-order valence-corrected chi connectivity index (χ3v) is 8.71. The van der Waals surface area contributed by atoms with Crippen LogP contribution < -0.4 is 29.1 Å². The van der Waals surface area contributed by atoms with Gasteiger partial charge in [-0.3, -0.25) is 14.2 Å². The first-order chi connectivity index (χ1) is 20.8. The van der Waals surface area contributed by atoms with Gasteiger partial charge in [0.05, 0.1) is 30.0 Å². The molecule has 1 atom stereocenters. The maximum Gasteiger partial charge on any atom is 0.271 e. The quantitative estimate of drug-likeness (QED) is 0.266.